The molecule has 2 aromatic rings. The third-order valence-corrected chi connectivity index (χ3v) is 2.00. The van der Waals surface area contributed by atoms with E-state index in [4.69, 9.17) is 9.68 Å². The van der Waals surface area contributed by atoms with Gasteiger partial charge in [-0.3, -0.25) is 4.98 Å². The minimum Gasteiger partial charge on any atom is -0.408 e. The molecule has 2 N–H and O–H groups in total. The first-order valence-electron chi connectivity index (χ1n) is 4.48. The molecule has 76 valence electrons. The molecular weight excluding hydrogens is 194 g/mol. The van der Waals surface area contributed by atoms with Crippen LogP contribution < -0.4 is 11.1 Å². The van der Waals surface area contributed by atoms with E-state index in [1.807, 2.05) is 0 Å². The van der Waals surface area contributed by atoms with Gasteiger partial charge in [-0.25, -0.2) is 4.79 Å². The number of benzene rings is 1. The number of rotatable bonds is 2. The zero-order valence-corrected chi connectivity index (χ0v) is 8.07. The summed E-state index contributed by atoms with van der Waals surface area (Å²) in [6.07, 6.45) is 0. The highest BCUT2D eigenvalue weighted by Gasteiger charge is 2.03. The second kappa shape index (κ2) is 3.50. The number of nitriles is 1. The fourth-order valence-electron chi connectivity index (χ4n) is 1.32. The first-order valence-corrected chi connectivity index (χ1v) is 4.48. The Hall–Kier alpha value is -2.22. The lowest BCUT2D eigenvalue weighted by molar-refractivity contribution is 0.555. The van der Waals surface area contributed by atoms with Crippen LogP contribution in [0.3, 0.4) is 0 Å². The van der Waals surface area contributed by atoms with Gasteiger partial charge in [0.2, 0.25) is 0 Å². The molecule has 0 aliphatic carbocycles. The SMILES string of the molecule is CC(C#N)Nc1ccc2[nH]c(=O)oc2c1. The standard InChI is InChI=1S/C10H9N3O2/c1-6(5-11)12-7-2-3-8-9(4-7)15-10(14)13-8/h2-4,6,12H,1H3,(H,13,14). The van der Waals surface area contributed by atoms with Crippen molar-refractivity contribution in [3.05, 3.63) is 28.7 Å². The summed E-state index contributed by atoms with van der Waals surface area (Å²) in [6, 6.07) is 6.96. The molecule has 0 radical (unpaired) electrons. The number of hydrogen-bond acceptors (Lipinski definition) is 4. The molecule has 0 aliphatic heterocycles. The normalized spacial score (nSPS) is 12.3. The van der Waals surface area contributed by atoms with Crippen molar-refractivity contribution in [3.8, 4) is 6.07 Å². The van der Waals surface area contributed by atoms with Gasteiger partial charge in [0, 0.05) is 11.8 Å². The molecule has 1 aromatic carbocycles. The molecule has 5 heteroatoms. The van der Waals surface area contributed by atoms with Gasteiger partial charge in [-0.1, -0.05) is 0 Å². The van der Waals surface area contributed by atoms with Crippen molar-refractivity contribution in [1.82, 2.24) is 4.98 Å². The molecule has 0 saturated heterocycles. The average Bonchev–Trinajstić information content (AvgIpc) is 2.57. The van der Waals surface area contributed by atoms with Crippen molar-refractivity contribution in [1.29, 1.82) is 5.26 Å². The monoisotopic (exact) mass is 203 g/mol. The van der Waals surface area contributed by atoms with E-state index in [9.17, 15) is 4.79 Å². The smallest absolute Gasteiger partial charge is 0.408 e. The molecule has 0 amide bonds. The summed E-state index contributed by atoms with van der Waals surface area (Å²) in [5, 5.41) is 11.6. The van der Waals surface area contributed by atoms with Gasteiger partial charge in [-0.15, -0.1) is 0 Å². The highest BCUT2D eigenvalue weighted by molar-refractivity contribution is 5.76. The molecule has 1 heterocycles. The van der Waals surface area contributed by atoms with Crippen LogP contribution in [0, 0.1) is 11.3 Å². The lowest BCUT2D eigenvalue weighted by Crippen LogP contribution is -2.11. The topological polar surface area (TPSA) is 81.8 Å². The van der Waals surface area contributed by atoms with Crippen LogP contribution in [0.2, 0.25) is 0 Å². The number of nitrogens with one attached hydrogen (secondary N) is 2. The fraction of sp³-hybridized carbons (Fsp3) is 0.200. The van der Waals surface area contributed by atoms with Crippen molar-refractivity contribution in [3.63, 3.8) is 0 Å². The first-order chi connectivity index (χ1) is 7.19. The summed E-state index contributed by atoms with van der Waals surface area (Å²) in [6.45, 7) is 1.75. The summed E-state index contributed by atoms with van der Waals surface area (Å²) >= 11 is 0. The number of aromatic nitrogens is 1. The van der Waals surface area contributed by atoms with Gasteiger partial charge in [-0.2, -0.15) is 5.26 Å². The van der Waals surface area contributed by atoms with Crippen molar-refractivity contribution in [2.45, 2.75) is 13.0 Å². The van der Waals surface area contributed by atoms with Crippen LogP contribution >= 0.6 is 0 Å². The van der Waals surface area contributed by atoms with Gasteiger partial charge < -0.3 is 9.73 Å². The van der Waals surface area contributed by atoms with E-state index in [0.717, 1.165) is 5.69 Å². The molecule has 0 spiro atoms. The van der Waals surface area contributed by atoms with E-state index in [0.29, 0.717) is 11.1 Å². The predicted octanol–water partition coefficient (Wildman–Crippen LogP) is 1.45. The van der Waals surface area contributed by atoms with Gasteiger partial charge in [0.05, 0.1) is 11.6 Å². The first kappa shape index (κ1) is 9.34. The van der Waals surface area contributed by atoms with Crippen LogP contribution in [0.4, 0.5) is 5.69 Å². The van der Waals surface area contributed by atoms with Gasteiger partial charge in [0.25, 0.3) is 0 Å². The number of nitrogens with zero attached hydrogens (tertiary/aromatic N) is 1. The zero-order valence-electron chi connectivity index (χ0n) is 8.07. The summed E-state index contributed by atoms with van der Waals surface area (Å²) in [7, 11) is 0. The van der Waals surface area contributed by atoms with Gasteiger partial charge in [0.1, 0.15) is 6.04 Å². The molecule has 5 nitrogen and oxygen atoms in total. The van der Waals surface area contributed by atoms with Crippen LogP contribution in [0.15, 0.2) is 27.4 Å². The van der Waals surface area contributed by atoms with E-state index in [1.165, 1.54) is 0 Å². The van der Waals surface area contributed by atoms with E-state index in [2.05, 4.69) is 16.4 Å². The fourth-order valence-corrected chi connectivity index (χ4v) is 1.32. The Labute approximate surface area is 85.3 Å². The number of H-pyrrole nitrogens is 1. The Balaban J connectivity index is 2.39. The predicted molar refractivity (Wildman–Crippen MR) is 55.5 cm³/mol. The van der Waals surface area contributed by atoms with Crippen LogP contribution in [0.1, 0.15) is 6.92 Å². The Morgan fingerprint density at radius 2 is 2.40 bits per heavy atom. The second-order valence-corrected chi connectivity index (χ2v) is 3.22. The molecule has 0 bridgehead atoms. The molecule has 2 rings (SSSR count). The lowest BCUT2D eigenvalue weighted by Gasteiger charge is -2.06. The van der Waals surface area contributed by atoms with Crippen molar-refractivity contribution < 1.29 is 4.42 Å². The quantitative estimate of drug-likeness (QED) is 0.773. The van der Waals surface area contributed by atoms with E-state index >= 15 is 0 Å². The molecular formula is C10H9N3O2. The van der Waals surface area contributed by atoms with Crippen LogP contribution in [-0.4, -0.2) is 11.0 Å². The van der Waals surface area contributed by atoms with Gasteiger partial charge in [0.15, 0.2) is 5.58 Å². The van der Waals surface area contributed by atoms with Crippen molar-refractivity contribution in [2.24, 2.45) is 0 Å². The Bertz CT molecular complexity index is 576. The number of fused-ring (bicyclic) bond motifs is 1. The van der Waals surface area contributed by atoms with Gasteiger partial charge in [-0.05, 0) is 19.1 Å². The van der Waals surface area contributed by atoms with Crippen molar-refractivity contribution in [2.75, 3.05) is 5.32 Å². The van der Waals surface area contributed by atoms with Crippen molar-refractivity contribution >= 4 is 16.8 Å². The lowest BCUT2D eigenvalue weighted by atomic mass is 10.2. The molecule has 1 aromatic heterocycles. The summed E-state index contributed by atoms with van der Waals surface area (Å²) in [4.78, 5) is 13.4. The third-order valence-electron chi connectivity index (χ3n) is 2.00. The highest BCUT2D eigenvalue weighted by Crippen LogP contribution is 2.16. The summed E-state index contributed by atoms with van der Waals surface area (Å²) in [5.74, 6) is -0.476. The Kier molecular flexibility index (Phi) is 2.18. The highest BCUT2D eigenvalue weighted by atomic mass is 16.4. The number of aromatic amines is 1. The average molecular weight is 203 g/mol. The third kappa shape index (κ3) is 1.83. The second-order valence-electron chi connectivity index (χ2n) is 3.22. The molecule has 0 aliphatic rings. The maximum absolute atomic E-state index is 10.9. The van der Waals surface area contributed by atoms with E-state index in [-0.39, 0.29) is 6.04 Å². The molecule has 0 saturated carbocycles. The zero-order chi connectivity index (χ0) is 10.8. The minimum absolute atomic E-state index is 0.284. The van der Waals surface area contributed by atoms with Crippen LogP contribution in [0.5, 0.6) is 0 Å². The maximum Gasteiger partial charge on any atom is 0.417 e. The van der Waals surface area contributed by atoms with Crippen LogP contribution in [0.25, 0.3) is 11.1 Å². The molecule has 1 unspecified atom stereocenters. The maximum atomic E-state index is 10.9. The minimum atomic E-state index is -0.476. The summed E-state index contributed by atoms with van der Waals surface area (Å²) in [5.41, 5.74) is 1.88. The largest absolute Gasteiger partial charge is 0.417 e. The Morgan fingerprint density at radius 3 is 3.13 bits per heavy atom. The van der Waals surface area contributed by atoms with E-state index in [1.54, 1.807) is 25.1 Å². The molecule has 15 heavy (non-hydrogen) atoms. The molecule has 0 fully saturated rings. The number of anilines is 1. The van der Waals surface area contributed by atoms with E-state index < -0.39 is 5.76 Å². The Morgan fingerprint density at radius 1 is 1.60 bits per heavy atom. The number of oxazole rings is 1. The van der Waals surface area contributed by atoms with Crippen LogP contribution in [-0.2, 0) is 0 Å². The summed E-state index contributed by atoms with van der Waals surface area (Å²) < 4.78 is 4.89. The number of hydrogen-bond donors (Lipinski definition) is 2. The molecule has 1 atom stereocenters. The van der Waals surface area contributed by atoms with Gasteiger partial charge >= 0.3 is 5.76 Å².